The molecule has 0 radical (unpaired) electrons. The number of benzene rings is 2. The lowest BCUT2D eigenvalue weighted by Crippen LogP contribution is -2.32. The fourth-order valence-electron chi connectivity index (χ4n) is 2.45. The maximum absolute atomic E-state index is 14.1. The summed E-state index contributed by atoms with van der Waals surface area (Å²) < 4.78 is 54.1. The second-order valence-corrected chi connectivity index (χ2v) is 5.05. The number of fused-ring (bicyclic) bond motifs is 1. The van der Waals surface area contributed by atoms with Gasteiger partial charge in [-0.25, -0.2) is 15.2 Å². The normalized spacial score (nSPS) is 14.4. The fraction of sp³-hybridized carbons (Fsp3) is 0.125. The third-order valence-electron chi connectivity index (χ3n) is 3.53. The first-order valence-corrected chi connectivity index (χ1v) is 6.96. The van der Waals surface area contributed by atoms with Crippen molar-refractivity contribution in [1.82, 2.24) is 5.43 Å². The molecule has 0 spiro atoms. The number of amidine groups is 1. The lowest BCUT2D eigenvalue weighted by molar-refractivity contribution is -0.137. The smallest absolute Gasteiger partial charge is 0.310 e. The van der Waals surface area contributed by atoms with Gasteiger partial charge in [0.2, 0.25) is 0 Å². The molecule has 4 nitrogen and oxygen atoms in total. The molecule has 2 aromatic rings. The van der Waals surface area contributed by atoms with E-state index in [9.17, 15) is 17.6 Å². The van der Waals surface area contributed by atoms with Gasteiger partial charge in [0.1, 0.15) is 11.7 Å². The molecule has 0 saturated heterocycles. The van der Waals surface area contributed by atoms with Crippen LogP contribution in [0.1, 0.15) is 16.7 Å². The van der Waals surface area contributed by atoms with E-state index in [1.54, 1.807) is 6.07 Å². The Morgan fingerprint density at radius 1 is 1.00 bits per heavy atom. The fourth-order valence-corrected chi connectivity index (χ4v) is 2.45. The molecule has 0 aliphatic carbocycles. The van der Waals surface area contributed by atoms with Gasteiger partial charge in [0.15, 0.2) is 0 Å². The van der Waals surface area contributed by atoms with Crippen molar-refractivity contribution in [3.05, 3.63) is 65.0 Å². The Balaban J connectivity index is 2.29. The predicted octanol–water partition coefficient (Wildman–Crippen LogP) is 3.19. The van der Waals surface area contributed by atoms with Crippen molar-refractivity contribution < 1.29 is 17.6 Å². The molecular weight excluding hydrogens is 324 g/mol. The molecule has 0 bridgehead atoms. The van der Waals surface area contributed by atoms with Crippen LogP contribution in [0.5, 0.6) is 0 Å². The zero-order valence-corrected chi connectivity index (χ0v) is 12.2. The van der Waals surface area contributed by atoms with Gasteiger partial charge in [0, 0.05) is 11.1 Å². The number of rotatable bonds is 1. The summed E-state index contributed by atoms with van der Waals surface area (Å²) in [6, 6.07) is 9.35. The van der Waals surface area contributed by atoms with Crippen molar-refractivity contribution in [3.63, 3.8) is 0 Å². The highest BCUT2D eigenvalue weighted by Crippen LogP contribution is 2.39. The van der Waals surface area contributed by atoms with Gasteiger partial charge in [-0.3, -0.25) is 4.99 Å². The molecule has 24 heavy (non-hydrogen) atoms. The molecule has 3 rings (SSSR count). The molecule has 2 aromatic carbocycles. The maximum Gasteiger partial charge on any atom is 0.418 e. The number of nitrogens with one attached hydrogen (secondary N) is 1. The summed E-state index contributed by atoms with van der Waals surface area (Å²) in [7, 11) is 0. The number of hydrogen-bond acceptors (Lipinski definition) is 4. The van der Waals surface area contributed by atoms with Gasteiger partial charge in [-0.15, -0.1) is 0 Å². The van der Waals surface area contributed by atoms with Gasteiger partial charge in [0.25, 0.3) is 0 Å². The zero-order valence-electron chi connectivity index (χ0n) is 12.2. The van der Waals surface area contributed by atoms with E-state index < -0.39 is 17.6 Å². The summed E-state index contributed by atoms with van der Waals surface area (Å²) in [5.41, 5.74) is 1.27. The third kappa shape index (κ3) is 2.88. The highest BCUT2D eigenvalue weighted by molar-refractivity contribution is 6.17. The highest BCUT2D eigenvalue weighted by Gasteiger charge is 2.36. The number of aliphatic imine (C=N–C) groups is 2. The minimum atomic E-state index is -4.61. The molecule has 0 aromatic heterocycles. The van der Waals surface area contributed by atoms with E-state index >= 15 is 0 Å². The first-order valence-electron chi connectivity index (χ1n) is 6.96. The van der Waals surface area contributed by atoms with E-state index in [2.05, 4.69) is 15.4 Å². The summed E-state index contributed by atoms with van der Waals surface area (Å²) in [6.07, 6.45) is -4.61. The summed E-state index contributed by atoms with van der Waals surface area (Å²) >= 11 is 0. The highest BCUT2D eigenvalue weighted by atomic mass is 19.4. The molecular formula is C16H12F4N4. The van der Waals surface area contributed by atoms with Crippen LogP contribution in [-0.4, -0.2) is 18.1 Å². The van der Waals surface area contributed by atoms with E-state index in [4.69, 9.17) is 5.84 Å². The minimum Gasteiger partial charge on any atom is -0.310 e. The monoisotopic (exact) mass is 336 g/mol. The average molecular weight is 336 g/mol. The second kappa shape index (κ2) is 6.04. The van der Waals surface area contributed by atoms with Crippen LogP contribution in [0.15, 0.2) is 52.4 Å². The standard InChI is InChI=1S/C16H12F4N4/c17-12-7-2-1-4-9(12)14-10-5-3-6-11(16(18,19)20)15(10)23-13(24-21)8-22-14/h1-7H,8,21H2,(H,23,24). The summed E-state index contributed by atoms with van der Waals surface area (Å²) in [6.45, 7) is -0.0911. The SMILES string of the molecule is NNC1=Nc2c(cccc2C(F)(F)F)C(c2ccccc2F)=NC1. The quantitative estimate of drug-likeness (QED) is 0.477. The maximum atomic E-state index is 14.1. The van der Waals surface area contributed by atoms with Gasteiger partial charge in [-0.1, -0.05) is 24.3 Å². The number of nitrogens with zero attached hydrogens (tertiary/aromatic N) is 2. The molecule has 0 unspecified atom stereocenters. The number of nitrogens with two attached hydrogens (primary N) is 1. The second-order valence-electron chi connectivity index (χ2n) is 5.05. The number of alkyl halides is 3. The first kappa shape index (κ1) is 16.1. The first-order chi connectivity index (χ1) is 11.4. The van der Waals surface area contributed by atoms with Crippen molar-refractivity contribution >= 4 is 17.2 Å². The van der Waals surface area contributed by atoms with E-state index in [0.29, 0.717) is 0 Å². The van der Waals surface area contributed by atoms with Crippen LogP contribution in [0.25, 0.3) is 0 Å². The lowest BCUT2D eigenvalue weighted by Gasteiger charge is -2.14. The van der Waals surface area contributed by atoms with Gasteiger partial charge in [-0.05, 0) is 18.2 Å². The molecule has 0 amide bonds. The number of para-hydroxylation sites is 1. The van der Waals surface area contributed by atoms with Crippen LogP contribution < -0.4 is 11.3 Å². The third-order valence-corrected chi connectivity index (χ3v) is 3.53. The van der Waals surface area contributed by atoms with Crippen LogP contribution in [0.4, 0.5) is 23.2 Å². The molecule has 0 fully saturated rings. The van der Waals surface area contributed by atoms with Gasteiger partial charge in [-0.2, -0.15) is 13.2 Å². The summed E-state index contributed by atoms with van der Waals surface area (Å²) in [4.78, 5) is 8.16. The minimum absolute atomic E-state index is 0.0549. The van der Waals surface area contributed by atoms with E-state index in [1.165, 1.54) is 30.3 Å². The van der Waals surface area contributed by atoms with E-state index in [1.807, 2.05) is 0 Å². The average Bonchev–Trinajstić information content (AvgIpc) is 2.73. The zero-order chi connectivity index (χ0) is 17.3. The lowest BCUT2D eigenvalue weighted by atomic mass is 9.97. The summed E-state index contributed by atoms with van der Waals surface area (Å²) in [5, 5.41) is 0. The number of halogens is 4. The van der Waals surface area contributed by atoms with Crippen LogP contribution in [0.2, 0.25) is 0 Å². The molecule has 0 atom stereocenters. The Morgan fingerprint density at radius 3 is 2.38 bits per heavy atom. The Labute approximate surface area is 134 Å². The molecule has 3 N–H and O–H groups in total. The molecule has 0 saturated carbocycles. The molecule has 1 aliphatic heterocycles. The van der Waals surface area contributed by atoms with Crippen molar-refractivity contribution in [1.29, 1.82) is 0 Å². The van der Waals surface area contributed by atoms with Crippen LogP contribution in [-0.2, 0) is 6.18 Å². The topological polar surface area (TPSA) is 62.8 Å². The number of hydrogen-bond donors (Lipinski definition) is 2. The van der Waals surface area contributed by atoms with Gasteiger partial charge in [0.05, 0.1) is 23.5 Å². The van der Waals surface area contributed by atoms with Crippen molar-refractivity contribution in [2.24, 2.45) is 15.8 Å². The summed E-state index contributed by atoms with van der Waals surface area (Å²) in [5.74, 6) is 4.77. The Bertz CT molecular complexity index is 840. The van der Waals surface area contributed by atoms with E-state index in [-0.39, 0.29) is 34.9 Å². The van der Waals surface area contributed by atoms with Gasteiger partial charge < -0.3 is 5.43 Å². The molecule has 124 valence electrons. The Kier molecular flexibility index (Phi) is 4.06. The van der Waals surface area contributed by atoms with Crippen LogP contribution in [0, 0.1) is 5.82 Å². The van der Waals surface area contributed by atoms with Crippen LogP contribution in [0.3, 0.4) is 0 Å². The molecule has 1 aliphatic rings. The van der Waals surface area contributed by atoms with Crippen molar-refractivity contribution in [2.45, 2.75) is 6.18 Å². The van der Waals surface area contributed by atoms with Gasteiger partial charge >= 0.3 is 6.18 Å². The Hall–Kier alpha value is -2.74. The van der Waals surface area contributed by atoms with Crippen molar-refractivity contribution in [2.75, 3.05) is 6.54 Å². The van der Waals surface area contributed by atoms with E-state index in [0.717, 1.165) is 6.07 Å². The molecule has 1 heterocycles. The van der Waals surface area contributed by atoms with Crippen molar-refractivity contribution in [3.8, 4) is 0 Å². The Morgan fingerprint density at radius 2 is 1.71 bits per heavy atom. The molecule has 8 heteroatoms. The predicted molar refractivity (Wildman–Crippen MR) is 82.8 cm³/mol. The van der Waals surface area contributed by atoms with Crippen LogP contribution >= 0.6 is 0 Å². The number of hydrazine groups is 1. The largest absolute Gasteiger partial charge is 0.418 e.